The third-order valence-electron chi connectivity index (χ3n) is 4.87. The van der Waals surface area contributed by atoms with Gasteiger partial charge in [-0.2, -0.15) is 0 Å². The van der Waals surface area contributed by atoms with Crippen LogP contribution in [0.5, 0.6) is 11.5 Å². The van der Waals surface area contributed by atoms with Crippen LogP contribution in [0.15, 0.2) is 72.7 Å². The summed E-state index contributed by atoms with van der Waals surface area (Å²) in [5.74, 6) is 2.45. The Morgan fingerprint density at radius 1 is 0.897 bits per heavy atom. The average molecular weight is 429 g/mol. The topological polar surface area (TPSA) is 24.9 Å². The highest BCUT2D eigenvalue weighted by molar-refractivity contribution is 6.31. The van der Waals surface area contributed by atoms with Crippen molar-refractivity contribution in [1.82, 2.24) is 0 Å². The maximum atomic E-state index is 6.13. The Morgan fingerprint density at radius 3 is 2.34 bits per heavy atom. The van der Waals surface area contributed by atoms with E-state index in [9.17, 15) is 0 Å². The van der Waals surface area contributed by atoms with E-state index in [0.717, 1.165) is 41.8 Å². The summed E-state index contributed by atoms with van der Waals surface area (Å²) in [6, 6.07) is 11.3. The van der Waals surface area contributed by atoms with Crippen molar-refractivity contribution in [3.05, 3.63) is 82.7 Å². The Bertz CT molecular complexity index is 1000. The van der Waals surface area contributed by atoms with Crippen molar-refractivity contribution in [2.24, 2.45) is 0 Å². The van der Waals surface area contributed by atoms with E-state index < -0.39 is 0 Å². The number of allylic oxidation sites excluding steroid dienone is 4. The predicted molar refractivity (Wildman–Crippen MR) is 120 cm³/mol. The van der Waals surface area contributed by atoms with Crippen LogP contribution >= 0.6 is 23.2 Å². The van der Waals surface area contributed by atoms with Gasteiger partial charge in [-0.05, 0) is 62.4 Å². The number of hydrogen-bond donors (Lipinski definition) is 0. The van der Waals surface area contributed by atoms with Gasteiger partial charge in [-0.3, -0.25) is 0 Å². The van der Waals surface area contributed by atoms with E-state index in [1.807, 2.05) is 66.8 Å². The van der Waals surface area contributed by atoms with Crippen LogP contribution in [0.4, 0.5) is 11.4 Å². The molecule has 0 amide bonds. The second-order valence-electron chi connectivity index (χ2n) is 6.64. The average Bonchev–Trinajstić information content (AvgIpc) is 3.23. The molecule has 2 aromatic rings. The number of halogens is 2. The molecular weight excluding hydrogens is 407 g/mol. The first kappa shape index (κ1) is 19.7. The second-order valence-corrected chi connectivity index (χ2v) is 7.51. The number of nitrogens with zero attached hydrogens (tertiary/aromatic N) is 2. The fourth-order valence-electron chi connectivity index (χ4n) is 3.52. The van der Waals surface area contributed by atoms with Gasteiger partial charge in [0.1, 0.15) is 5.75 Å². The molecule has 6 heteroatoms. The summed E-state index contributed by atoms with van der Waals surface area (Å²) >= 11 is 12.2. The van der Waals surface area contributed by atoms with E-state index in [1.165, 1.54) is 0 Å². The molecule has 2 heterocycles. The first-order valence-corrected chi connectivity index (χ1v) is 10.4. The van der Waals surface area contributed by atoms with Gasteiger partial charge in [-0.1, -0.05) is 41.4 Å². The smallest absolute Gasteiger partial charge is 0.200 e. The van der Waals surface area contributed by atoms with Crippen molar-refractivity contribution in [1.29, 1.82) is 0 Å². The van der Waals surface area contributed by atoms with Crippen LogP contribution < -0.4 is 19.3 Å². The van der Waals surface area contributed by atoms with Gasteiger partial charge in [0.15, 0.2) is 12.0 Å². The van der Waals surface area contributed by atoms with Crippen molar-refractivity contribution in [2.45, 2.75) is 20.1 Å². The molecule has 29 heavy (non-hydrogen) atoms. The zero-order chi connectivity index (χ0) is 20.4. The highest BCUT2D eigenvalue weighted by Crippen LogP contribution is 2.41. The number of anilines is 2. The number of hydrogen-bond acceptors (Lipinski definition) is 4. The molecule has 0 N–H and O–H groups in total. The molecule has 2 aromatic carbocycles. The third kappa shape index (κ3) is 3.96. The first-order chi connectivity index (χ1) is 14.1. The molecule has 0 aromatic heterocycles. The quantitative estimate of drug-likeness (QED) is 0.513. The highest BCUT2D eigenvalue weighted by Gasteiger charge is 2.28. The fourth-order valence-corrected chi connectivity index (χ4v) is 3.86. The summed E-state index contributed by atoms with van der Waals surface area (Å²) < 4.78 is 12.0. The number of ether oxygens (including phenoxy) is 2. The predicted octanol–water partition coefficient (Wildman–Crippen LogP) is 6.41. The SMILES string of the molecule is CCN1C(=CC=CC=CC2Oc3ccc(Cl)cc3N2CC)Oc2ccc(Cl)cc21. The molecule has 0 radical (unpaired) electrons. The van der Waals surface area contributed by atoms with Gasteiger partial charge < -0.3 is 19.3 Å². The van der Waals surface area contributed by atoms with Gasteiger partial charge in [0, 0.05) is 23.1 Å². The summed E-state index contributed by atoms with van der Waals surface area (Å²) in [5, 5.41) is 1.41. The number of rotatable bonds is 5. The first-order valence-electron chi connectivity index (χ1n) is 9.63. The lowest BCUT2D eigenvalue weighted by atomic mass is 10.2. The second kappa shape index (κ2) is 8.44. The molecule has 2 aliphatic heterocycles. The summed E-state index contributed by atoms with van der Waals surface area (Å²) in [6.45, 7) is 5.81. The summed E-state index contributed by atoms with van der Waals surface area (Å²) in [5.41, 5.74) is 2.01. The minimum atomic E-state index is -0.146. The molecule has 0 saturated carbocycles. The van der Waals surface area contributed by atoms with Crippen LogP contribution in [-0.2, 0) is 0 Å². The van der Waals surface area contributed by atoms with Gasteiger partial charge in [-0.15, -0.1) is 0 Å². The van der Waals surface area contributed by atoms with Crippen LogP contribution in [-0.4, -0.2) is 19.3 Å². The molecule has 150 valence electrons. The molecule has 1 unspecified atom stereocenters. The molecular formula is C23H22Cl2N2O2. The molecule has 0 spiro atoms. The van der Waals surface area contributed by atoms with E-state index in [2.05, 4.69) is 23.6 Å². The van der Waals surface area contributed by atoms with Crippen molar-refractivity contribution in [3.63, 3.8) is 0 Å². The molecule has 0 fully saturated rings. The van der Waals surface area contributed by atoms with Crippen LogP contribution in [0.1, 0.15) is 13.8 Å². The summed E-state index contributed by atoms with van der Waals surface area (Å²) in [4.78, 5) is 4.26. The molecule has 0 saturated heterocycles. The van der Waals surface area contributed by atoms with E-state index in [1.54, 1.807) is 0 Å². The Morgan fingerprint density at radius 2 is 1.62 bits per heavy atom. The fraction of sp³-hybridized carbons (Fsp3) is 0.217. The maximum absolute atomic E-state index is 6.13. The maximum Gasteiger partial charge on any atom is 0.200 e. The minimum absolute atomic E-state index is 0.146. The Kier molecular flexibility index (Phi) is 5.74. The number of likely N-dealkylation sites (N-methyl/N-ethyl adjacent to an activating group) is 1. The van der Waals surface area contributed by atoms with Gasteiger partial charge in [0.2, 0.25) is 5.88 Å². The van der Waals surface area contributed by atoms with Gasteiger partial charge in [0.25, 0.3) is 0 Å². The molecule has 4 nitrogen and oxygen atoms in total. The van der Waals surface area contributed by atoms with Crippen LogP contribution in [0.2, 0.25) is 10.0 Å². The summed E-state index contributed by atoms with van der Waals surface area (Å²) in [6.07, 6.45) is 9.72. The monoisotopic (exact) mass is 428 g/mol. The Balaban J connectivity index is 1.44. The zero-order valence-corrected chi connectivity index (χ0v) is 17.8. The minimum Gasteiger partial charge on any atom is -0.465 e. The van der Waals surface area contributed by atoms with Crippen molar-refractivity contribution in [3.8, 4) is 11.5 Å². The van der Waals surface area contributed by atoms with Gasteiger partial charge >= 0.3 is 0 Å². The van der Waals surface area contributed by atoms with Crippen LogP contribution in [0, 0.1) is 0 Å². The lowest BCUT2D eigenvalue weighted by Crippen LogP contribution is -2.32. The highest BCUT2D eigenvalue weighted by atomic mass is 35.5. The van der Waals surface area contributed by atoms with Crippen LogP contribution in [0.3, 0.4) is 0 Å². The third-order valence-corrected chi connectivity index (χ3v) is 5.34. The van der Waals surface area contributed by atoms with Crippen molar-refractivity contribution >= 4 is 34.6 Å². The number of fused-ring (bicyclic) bond motifs is 2. The van der Waals surface area contributed by atoms with Gasteiger partial charge in [-0.25, -0.2) is 0 Å². The molecule has 2 aliphatic rings. The molecule has 0 bridgehead atoms. The lowest BCUT2D eigenvalue weighted by Gasteiger charge is -2.20. The van der Waals surface area contributed by atoms with E-state index in [-0.39, 0.29) is 6.23 Å². The summed E-state index contributed by atoms with van der Waals surface area (Å²) in [7, 11) is 0. The van der Waals surface area contributed by atoms with Crippen molar-refractivity contribution in [2.75, 3.05) is 22.9 Å². The standard InChI is InChI=1S/C23H22Cl2N2O2/c1-3-26-18-14-16(24)10-12-20(18)28-22(26)8-6-5-7-9-23-27(4-2)19-15-17(25)11-13-21(19)29-23/h5-15,22H,3-4H2,1-2H3. The number of benzene rings is 2. The zero-order valence-electron chi connectivity index (χ0n) is 16.3. The molecule has 4 rings (SSSR count). The molecule has 0 aliphatic carbocycles. The van der Waals surface area contributed by atoms with Gasteiger partial charge in [0.05, 0.1) is 11.4 Å². The Hall–Kier alpha value is -2.56. The van der Waals surface area contributed by atoms with E-state index >= 15 is 0 Å². The Labute approximate surface area is 181 Å². The lowest BCUT2D eigenvalue weighted by molar-refractivity contribution is 0.275. The largest absolute Gasteiger partial charge is 0.465 e. The van der Waals surface area contributed by atoms with Crippen LogP contribution in [0.25, 0.3) is 0 Å². The van der Waals surface area contributed by atoms with E-state index in [0.29, 0.717) is 10.0 Å². The van der Waals surface area contributed by atoms with Crippen molar-refractivity contribution < 1.29 is 9.47 Å². The van der Waals surface area contributed by atoms with E-state index in [4.69, 9.17) is 32.7 Å². The normalized spacial score (nSPS) is 19.2. The molecule has 1 atom stereocenters.